The summed E-state index contributed by atoms with van der Waals surface area (Å²) in [6.07, 6.45) is 1.33. The molecule has 1 aromatic heterocycles. The number of aromatic nitrogens is 1. The van der Waals surface area contributed by atoms with Crippen LogP contribution in [0.2, 0.25) is 0 Å². The molecule has 1 amide bonds. The fourth-order valence-corrected chi connectivity index (χ4v) is 2.16. The zero-order chi connectivity index (χ0) is 13.4. The van der Waals surface area contributed by atoms with E-state index in [9.17, 15) is 13.2 Å². The number of alkyl carbamates (subject to hydrolysis) is 1. The number of amides is 1. The average Bonchev–Trinajstić information content (AvgIpc) is 2.39. The highest BCUT2D eigenvalue weighted by Gasteiger charge is 2.13. The molecule has 18 heavy (non-hydrogen) atoms. The topological polar surface area (TPSA) is 97.4 Å². The molecule has 0 aliphatic carbocycles. The number of rotatable bonds is 6. The minimum absolute atomic E-state index is 0.0223. The average molecular weight is 273 g/mol. The number of carbonyl (C=O) groups excluding carboxylic acids is 1. The van der Waals surface area contributed by atoms with Gasteiger partial charge in [0.05, 0.1) is 7.11 Å². The summed E-state index contributed by atoms with van der Waals surface area (Å²) >= 11 is 0. The molecule has 7 nitrogen and oxygen atoms in total. The number of methoxy groups -OCH3 is 1. The third kappa shape index (κ3) is 4.68. The summed E-state index contributed by atoms with van der Waals surface area (Å²) in [5.74, 6) is 0. The number of carbonyl (C=O) groups is 1. The molecular formula is C10H15N3O4S. The zero-order valence-corrected chi connectivity index (χ0v) is 10.7. The molecule has 0 bridgehead atoms. The van der Waals surface area contributed by atoms with Gasteiger partial charge in [0.2, 0.25) is 0 Å². The highest BCUT2D eigenvalue weighted by atomic mass is 32.2. The van der Waals surface area contributed by atoms with Crippen LogP contribution < -0.4 is 10.0 Å². The molecule has 0 radical (unpaired) electrons. The highest BCUT2D eigenvalue weighted by molar-refractivity contribution is 7.89. The van der Waals surface area contributed by atoms with E-state index in [1.807, 2.05) is 0 Å². The van der Waals surface area contributed by atoms with E-state index >= 15 is 0 Å². The number of sulfonamides is 1. The number of nitrogens with one attached hydrogen (secondary N) is 2. The van der Waals surface area contributed by atoms with E-state index in [1.165, 1.54) is 19.4 Å². The third-order valence-corrected chi connectivity index (χ3v) is 3.39. The maximum Gasteiger partial charge on any atom is 0.406 e. The van der Waals surface area contributed by atoms with E-state index in [0.29, 0.717) is 13.0 Å². The molecule has 0 aromatic carbocycles. The Morgan fingerprint density at radius 2 is 2.17 bits per heavy atom. The predicted octanol–water partition coefficient (Wildman–Crippen LogP) is 0.106. The van der Waals surface area contributed by atoms with Gasteiger partial charge < -0.3 is 10.1 Å². The Kier molecular flexibility index (Phi) is 5.53. The molecule has 0 aliphatic heterocycles. The van der Waals surface area contributed by atoms with Crippen LogP contribution in [0.15, 0.2) is 29.4 Å². The number of pyridine rings is 1. The molecule has 0 atom stereocenters. The molecule has 1 aromatic rings. The van der Waals surface area contributed by atoms with Crippen LogP contribution in [0.1, 0.15) is 6.42 Å². The van der Waals surface area contributed by atoms with Gasteiger partial charge in [-0.2, -0.15) is 0 Å². The van der Waals surface area contributed by atoms with Crippen molar-refractivity contribution in [3.05, 3.63) is 24.4 Å². The summed E-state index contributed by atoms with van der Waals surface area (Å²) in [5.41, 5.74) is 0. The van der Waals surface area contributed by atoms with Gasteiger partial charge in [0.1, 0.15) is 0 Å². The van der Waals surface area contributed by atoms with Gasteiger partial charge in [-0.25, -0.2) is 22.9 Å². The Bertz CT molecular complexity index is 475. The van der Waals surface area contributed by atoms with E-state index in [4.69, 9.17) is 0 Å². The Morgan fingerprint density at radius 1 is 1.39 bits per heavy atom. The lowest BCUT2D eigenvalue weighted by Gasteiger charge is -2.06. The first kappa shape index (κ1) is 14.4. The van der Waals surface area contributed by atoms with Gasteiger partial charge in [-0.05, 0) is 18.6 Å². The Hall–Kier alpha value is -1.67. The summed E-state index contributed by atoms with van der Waals surface area (Å²) in [4.78, 5) is 14.5. The lowest BCUT2D eigenvalue weighted by Crippen LogP contribution is -2.30. The Labute approximate surface area is 106 Å². The van der Waals surface area contributed by atoms with Crippen molar-refractivity contribution in [3.8, 4) is 0 Å². The van der Waals surface area contributed by atoms with Gasteiger partial charge in [-0.15, -0.1) is 0 Å². The summed E-state index contributed by atoms with van der Waals surface area (Å²) in [5, 5.41) is 2.42. The van der Waals surface area contributed by atoms with Crippen LogP contribution in [0, 0.1) is 0 Å². The number of hydrogen-bond donors (Lipinski definition) is 2. The highest BCUT2D eigenvalue weighted by Crippen LogP contribution is 2.02. The van der Waals surface area contributed by atoms with Gasteiger partial charge in [-0.1, -0.05) is 6.07 Å². The second-order valence-corrected chi connectivity index (χ2v) is 5.05. The lowest BCUT2D eigenvalue weighted by atomic mass is 10.4. The number of nitrogens with zero attached hydrogens (tertiary/aromatic N) is 1. The molecular weight excluding hydrogens is 258 g/mol. The second kappa shape index (κ2) is 6.92. The fraction of sp³-hybridized carbons (Fsp3) is 0.400. The Morgan fingerprint density at radius 3 is 2.78 bits per heavy atom. The van der Waals surface area contributed by atoms with Crippen LogP contribution in [0.25, 0.3) is 0 Å². The van der Waals surface area contributed by atoms with Crippen LogP contribution >= 0.6 is 0 Å². The van der Waals surface area contributed by atoms with Gasteiger partial charge in [0, 0.05) is 19.3 Å². The van der Waals surface area contributed by atoms with Crippen molar-refractivity contribution in [1.29, 1.82) is 0 Å². The molecule has 0 aliphatic rings. The van der Waals surface area contributed by atoms with Gasteiger partial charge in [0.15, 0.2) is 5.03 Å². The molecule has 1 rings (SSSR count). The minimum atomic E-state index is -3.57. The molecule has 2 N–H and O–H groups in total. The monoisotopic (exact) mass is 273 g/mol. The van der Waals surface area contributed by atoms with Crippen molar-refractivity contribution < 1.29 is 17.9 Å². The largest absolute Gasteiger partial charge is 0.453 e. The van der Waals surface area contributed by atoms with E-state index in [0.717, 1.165) is 0 Å². The van der Waals surface area contributed by atoms with Gasteiger partial charge in [-0.3, -0.25) is 0 Å². The van der Waals surface area contributed by atoms with Crippen molar-refractivity contribution in [1.82, 2.24) is 15.0 Å². The molecule has 8 heteroatoms. The zero-order valence-electron chi connectivity index (χ0n) is 9.92. The summed E-state index contributed by atoms with van der Waals surface area (Å²) in [6, 6.07) is 4.65. The molecule has 1 heterocycles. The van der Waals surface area contributed by atoms with Crippen molar-refractivity contribution >= 4 is 16.1 Å². The normalized spacial score (nSPS) is 10.9. The number of ether oxygens (including phenoxy) is 1. The molecule has 0 saturated carbocycles. The van der Waals surface area contributed by atoms with Crippen molar-refractivity contribution in [2.75, 3.05) is 20.2 Å². The summed E-state index contributed by atoms with van der Waals surface area (Å²) in [6.45, 7) is 0.542. The minimum Gasteiger partial charge on any atom is -0.453 e. The summed E-state index contributed by atoms with van der Waals surface area (Å²) in [7, 11) is -2.31. The molecule has 0 saturated heterocycles. The SMILES string of the molecule is COC(=O)NCCCNS(=O)(=O)c1ccccn1. The fourth-order valence-electron chi connectivity index (χ4n) is 1.14. The standard InChI is InChI=1S/C10H15N3O4S/c1-17-10(14)12-7-4-8-13-18(15,16)9-5-2-3-6-11-9/h2-3,5-6,13H,4,7-8H2,1H3,(H,12,14). The van der Waals surface area contributed by atoms with Crippen molar-refractivity contribution in [2.24, 2.45) is 0 Å². The first-order valence-corrected chi connectivity index (χ1v) is 6.77. The first-order chi connectivity index (χ1) is 8.56. The second-order valence-electron chi connectivity index (χ2n) is 3.34. The van der Waals surface area contributed by atoms with Gasteiger partial charge >= 0.3 is 6.09 Å². The van der Waals surface area contributed by atoms with E-state index in [-0.39, 0.29) is 11.6 Å². The van der Waals surface area contributed by atoms with Crippen LogP contribution in [-0.4, -0.2) is 39.7 Å². The molecule has 0 spiro atoms. The van der Waals surface area contributed by atoms with Gasteiger partial charge in [0.25, 0.3) is 10.0 Å². The van der Waals surface area contributed by atoms with E-state index in [1.54, 1.807) is 12.1 Å². The van der Waals surface area contributed by atoms with Crippen LogP contribution in [0.4, 0.5) is 4.79 Å². The maximum atomic E-state index is 11.7. The van der Waals surface area contributed by atoms with E-state index in [2.05, 4.69) is 19.8 Å². The van der Waals surface area contributed by atoms with Crippen LogP contribution in [0.5, 0.6) is 0 Å². The van der Waals surface area contributed by atoms with Crippen molar-refractivity contribution in [2.45, 2.75) is 11.4 Å². The quantitative estimate of drug-likeness (QED) is 0.717. The Balaban J connectivity index is 2.33. The van der Waals surface area contributed by atoms with Crippen molar-refractivity contribution in [3.63, 3.8) is 0 Å². The van der Waals surface area contributed by atoms with Crippen LogP contribution in [-0.2, 0) is 14.8 Å². The molecule has 100 valence electrons. The lowest BCUT2D eigenvalue weighted by molar-refractivity contribution is 0.171. The van der Waals surface area contributed by atoms with E-state index < -0.39 is 16.1 Å². The van der Waals surface area contributed by atoms with Crippen LogP contribution in [0.3, 0.4) is 0 Å². The smallest absolute Gasteiger partial charge is 0.406 e. The predicted molar refractivity (Wildman–Crippen MR) is 64.5 cm³/mol. The first-order valence-electron chi connectivity index (χ1n) is 5.29. The molecule has 0 unspecified atom stereocenters. The third-order valence-electron chi connectivity index (χ3n) is 2.01. The number of hydrogen-bond acceptors (Lipinski definition) is 5. The molecule has 0 fully saturated rings. The summed E-state index contributed by atoms with van der Waals surface area (Å²) < 4.78 is 30.2. The maximum absolute atomic E-state index is 11.7.